The van der Waals surface area contributed by atoms with Crippen molar-refractivity contribution in [1.29, 1.82) is 0 Å². The van der Waals surface area contributed by atoms with Crippen molar-refractivity contribution in [2.75, 3.05) is 13.2 Å². The number of carbonyl (C=O) groups excluding carboxylic acids is 2. The first kappa shape index (κ1) is 32.4. The van der Waals surface area contributed by atoms with Crippen LogP contribution < -0.4 is 0 Å². The summed E-state index contributed by atoms with van der Waals surface area (Å²) in [7, 11) is -3.77. The van der Waals surface area contributed by atoms with Gasteiger partial charge in [0.05, 0.1) is 9.79 Å². The van der Waals surface area contributed by atoms with Crippen molar-refractivity contribution < 1.29 is 37.7 Å². The van der Waals surface area contributed by atoms with E-state index in [-0.39, 0.29) is 46.0 Å². The van der Waals surface area contributed by atoms with Gasteiger partial charge in [0.2, 0.25) is 9.84 Å². The summed E-state index contributed by atoms with van der Waals surface area (Å²) in [6.07, 6.45) is 3.75. The number of allylic oxidation sites excluding steroid dienone is 4. The summed E-state index contributed by atoms with van der Waals surface area (Å²) in [5.74, 6) is -1.73. The summed E-state index contributed by atoms with van der Waals surface area (Å²) < 4.78 is 36.2. The molecule has 12 heteroatoms. The van der Waals surface area contributed by atoms with Crippen LogP contribution in [0.25, 0.3) is 16.7 Å². The number of rotatable bonds is 10. The number of hydrogen-bond acceptors (Lipinski definition) is 10. The molecule has 2 atom stereocenters. The average Bonchev–Trinajstić information content (AvgIpc) is 3.41. The smallest absolute Gasteiger partial charge is 0.333 e. The quantitative estimate of drug-likeness (QED) is 0.243. The Labute approximate surface area is 255 Å². The van der Waals surface area contributed by atoms with E-state index in [4.69, 9.17) is 9.47 Å². The monoisotopic (exact) mass is 621 g/mol. The third-order valence-corrected chi connectivity index (χ3v) is 8.60. The van der Waals surface area contributed by atoms with E-state index < -0.39 is 33.3 Å². The minimum Gasteiger partial charge on any atom is -0.506 e. The van der Waals surface area contributed by atoms with E-state index in [1.165, 1.54) is 42.1 Å². The molecule has 3 aromatic rings. The average molecular weight is 622 g/mol. The van der Waals surface area contributed by atoms with Gasteiger partial charge in [0.1, 0.15) is 41.8 Å². The van der Waals surface area contributed by atoms with Gasteiger partial charge < -0.3 is 19.7 Å². The zero-order valence-corrected chi connectivity index (χ0v) is 25.7. The Balaban J connectivity index is 1.56. The molecule has 2 N–H and O–H groups in total. The Morgan fingerprint density at radius 2 is 1.73 bits per heavy atom. The fourth-order valence-corrected chi connectivity index (χ4v) is 5.75. The maximum absolute atomic E-state index is 13.1. The Hall–Kier alpha value is -4.55. The number of fused-ring (bicyclic) bond motifs is 1. The van der Waals surface area contributed by atoms with Crippen LogP contribution in [0.5, 0.6) is 0 Å². The second-order valence-electron chi connectivity index (χ2n) is 11.5. The molecule has 0 saturated heterocycles. The van der Waals surface area contributed by atoms with Gasteiger partial charge in [-0.3, -0.25) is 0 Å². The number of aliphatic hydroxyl groups excluding tert-OH is 2. The predicted octanol–water partition coefficient (Wildman–Crippen LogP) is 4.56. The van der Waals surface area contributed by atoms with Crippen LogP contribution in [0, 0.1) is 11.3 Å². The Bertz CT molecular complexity index is 1780. The minimum atomic E-state index is -3.77. The second kappa shape index (κ2) is 13.0. The molecule has 11 nitrogen and oxygen atoms in total. The van der Waals surface area contributed by atoms with Crippen LogP contribution in [0.15, 0.2) is 100 Å². The molecule has 44 heavy (non-hydrogen) atoms. The summed E-state index contributed by atoms with van der Waals surface area (Å²) in [4.78, 5) is 25.3. The first-order chi connectivity index (χ1) is 20.7. The molecule has 0 radical (unpaired) electrons. The predicted molar refractivity (Wildman–Crippen MR) is 163 cm³/mol. The maximum atomic E-state index is 13.1. The third kappa shape index (κ3) is 7.50. The fraction of sp³-hybridized carbons (Fsp3) is 0.312. The number of ether oxygens (including phenoxy) is 2. The largest absolute Gasteiger partial charge is 0.506 e. The van der Waals surface area contributed by atoms with Gasteiger partial charge >= 0.3 is 11.9 Å². The van der Waals surface area contributed by atoms with E-state index in [9.17, 15) is 28.2 Å². The highest BCUT2D eigenvalue weighted by Crippen LogP contribution is 2.40. The van der Waals surface area contributed by atoms with E-state index in [2.05, 4.69) is 16.8 Å². The number of carbonyl (C=O) groups is 2. The molecule has 1 heterocycles. The zero-order chi connectivity index (χ0) is 32.2. The molecule has 1 aliphatic carbocycles. The molecule has 0 saturated carbocycles. The Morgan fingerprint density at radius 1 is 1.07 bits per heavy atom. The number of benzene rings is 2. The van der Waals surface area contributed by atoms with Gasteiger partial charge in [-0.05, 0) is 60.7 Å². The van der Waals surface area contributed by atoms with Gasteiger partial charge in [-0.1, -0.05) is 51.6 Å². The van der Waals surface area contributed by atoms with Crippen LogP contribution >= 0.6 is 0 Å². The van der Waals surface area contributed by atoms with E-state index >= 15 is 0 Å². The first-order valence-electron chi connectivity index (χ1n) is 13.8. The van der Waals surface area contributed by atoms with Crippen molar-refractivity contribution in [3.05, 3.63) is 90.2 Å². The normalized spacial score (nSPS) is 16.6. The van der Waals surface area contributed by atoms with E-state index in [1.54, 1.807) is 36.4 Å². The molecule has 0 aliphatic heterocycles. The van der Waals surface area contributed by atoms with E-state index in [0.29, 0.717) is 23.0 Å². The van der Waals surface area contributed by atoms with Crippen LogP contribution in [0.4, 0.5) is 0 Å². The van der Waals surface area contributed by atoms with Crippen molar-refractivity contribution in [3.63, 3.8) is 0 Å². The van der Waals surface area contributed by atoms with Crippen LogP contribution in [0.2, 0.25) is 0 Å². The van der Waals surface area contributed by atoms with Gasteiger partial charge in [-0.25, -0.2) is 18.0 Å². The van der Waals surface area contributed by atoms with Gasteiger partial charge in [0.15, 0.2) is 0 Å². The third-order valence-electron chi connectivity index (χ3n) is 6.83. The van der Waals surface area contributed by atoms with Crippen LogP contribution in [-0.4, -0.2) is 64.9 Å². The molecule has 0 bridgehead atoms. The summed E-state index contributed by atoms with van der Waals surface area (Å²) >= 11 is 0. The maximum Gasteiger partial charge on any atom is 0.333 e. The highest BCUT2D eigenvalue weighted by molar-refractivity contribution is 7.91. The van der Waals surface area contributed by atoms with Crippen LogP contribution in [0.3, 0.4) is 0 Å². The molecule has 0 fully saturated rings. The lowest BCUT2D eigenvalue weighted by atomic mass is 9.77. The SMILES string of the molecule is C=C(C)C(=O)OCC(O)COC(=O)C=CC1C=C(n2nc3ccc(S(=O)(=O)c4ccccc4)cc3n2)C(O)=C(C(C)(C)C)C1. The number of nitrogens with zero attached hydrogens (tertiary/aromatic N) is 3. The van der Waals surface area contributed by atoms with Gasteiger partial charge in [-0.15, -0.1) is 15.0 Å². The summed E-state index contributed by atoms with van der Waals surface area (Å²) in [6, 6.07) is 12.5. The number of esters is 2. The molecule has 232 valence electrons. The molecule has 1 aromatic heterocycles. The van der Waals surface area contributed by atoms with Crippen LogP contribution in [0.1, 0.15) is 34.1 Å². The molecular weight excluding hydrogens is 586 g/mol. The van der Waals surface area contributed by atoms with E-state index in [1.807, 2.05) is 20.8 Å². The standard InChI is InChI=1S/C32H35N3O8S/c1-20(2)31(39)43-19-22(36)18-42-29(37)14-11-21-15-25(32(3,4)5)30(38)28(16-21)35-33-26-13-12-24(17-27(26)34-35)44(40,41)23-9-7-6-8-10-23/h6-14,16-17,21-22,36,38H,1,15,18-19H2,2-5H3. The first-order valence-corrected chi connectivity index (χ1v) is 15.3. The summed E-state index contributed by atoms with van der Waals surface area (Å²) in [5.41, 5.74) is 1.49. The van der Waals surface area contributed by atoms with Crippen LogP contribution in [-0.2, 0) is 28.9 Å². The molecule has 4 rings (SSSR count). The summed E-state index contributed by atoms with van der Waals surface area (Å²) in [6.45, 7) is 10.1. The lowest BCUT2D eigenvalue weighted by molar-refractivity contribution is -0.146. The molecule has 2 unspecified atom stereocenters. The lowest BCUT2D eigenvalue weighted by Crippen LogP contribution is -2.25. The number of hydrogen-bond donors (Lipinski definition) is 2. The molecule has 0 amide bonds. The molecule has 1 aliphatic rings. The lowest BCUT2D eigenvalue weighted by Gasteiger charge is -2.30. The van der Waals surface area contributed by atoms with Gasteiger partial charge in [-0.2, -0.15) is 0 Å². The van der Waals surface area contributed by atoms with Gasteiger partial charge in [0.25, 0.3) is 0 Å². The van der Waals surface area contributed by atoms with Crippen molar-refractivity contribution in [3.8, 4) is 0 Å². The molecular formula is C32H35N3O8S. The number of aliphatic hydroxyl groups is 2. The Kier molecular flexibility index (Phi) is 9.55. The molecule has 2 aromatic carbocycles. The molecule has 0 spiro atoms. The Morgan fingerprint density at radius 3 is 2.39 bits per heavy atom. The number of sulfone groups is 1. The topological polar surface area (TPSA) is 158 Å². The highest BCUT2D eigenvalue weighted by Gasteiger charge is 2.31. The van der Waals surface area contributed by atoms with Gasteiger partial charge in [0, 0.05) is 17.6 Å². The van der Waals surface area contributed by atoms with Crippen molar-refractivity contribution in [2.45, 2.75) is 50.0 Å². The fourth-order valence-electron chi connectivity index (χ4n) is 4.45. The van der Waals surface area contributed by atoms with Crippen molar-refractivity contribution in [2.24, 2.45) is 11.3 Å². The number of aromatic nitrogens is 3. The van der Waals surface area contributed by atoms with E-state index in [0.717, 1.165) is 0 Å². The van der Waals surface area contributed by atoms with Crippen molar-refractivity contribution >= 4 is 38.5 Å². The highest BCUT2D eigenvalue weighted by atomic mass is 32.2. The minimum absolute atomic E-state index is 0.00501. The van der Waals surface area contributed by atoms with Crippen molar-refractivity contribution in [1.82, 2.24) is 15.0 Å². The zero-order valence-electron chi connectivity index (χ0n) is 24.9. The second-order valence-corrected chi connectivity index (χ2v) is 13.4. The summed E-state index contributed by atoms with van der Waals surface area (Å²) in [5, 5.41) is 30.2.